The molecule has 0 heterocycles. The molecule has 1 aromatic rings. The van der Waals surface area contributed by atoms with Crippen LogP contribution in [0.1, 0.15) is 44.9 Å². The molecule has 0 saturated carbocycles. The Hall–Kier alpha value is -0.860. The molecule has 2 heteroatoms. The molecule has 0 fully saturated rings. The molecule has 2 nitrogen and oxygen atoms in total. The molecule has 3 atom stereocenters. The van der Waals surface area contributed by atoms with Gasteiger partial charge in [0.1, 0.15) is 0 Å². The third-order valence-corrected chi connectivity index (χ3v) is 3.96. The minimum absolute atomic E-state index is 0.124. The van der Waals surface area contributed by atoms with Gasteiger partial charge < -0.3 is 5.73 Å². The van der Waals surface area contributed by atoms with Crippen molar-refractivity contribution in [1.29, 1.82) is 0 Å². The maximum Gasteiger partial charge on any atom is 0.0496 e. The fourth-order valence-corrected chi connectivity index (χ4v) is 2.40. The van der Waals surface area contributed by atoms with E-state index >= 15 is 0 Å². The first-order valence-corrected chi connectivity index (χ1v) is 6.88. The van der Waals surface area contributed by atoms with Crippen molar-refractivity contribution in [3.8, 4) is 0 Å². The lowest BCUT2D eigenvalue weighted by Gasteiger charge is -2.37. The van der Waals surface area contributed by atoms with E-state index < -0.39 is 0 Å². The summed E-state index contributed by atoms with van der Waals surface area (Å²) in [5.74, 6) is 0.627. The monoisotopic (exact) mass is 248 g/mol. The van der Waals surface area contributed by atoms with Crippen molar-refractivity contribution in [2.45, 2.75) is 52.7 Å². The van der Waals surface area contributed by atoms with Crippen LogP contribution in [0.15, 0.2) is 24.3 Å². The van der Waals surface area contributed by atoms with Gasteiger partial charge in [0.25, 0.3) is 0 Å². The summed E-state index contributed by atoms with van der Waals surface area (Å²) in [6, 6.07) is 9.65. The van der Waals surface area contributed by atoms with Crippen LogP contribution in [0.3, 0.4) is 0 Å². The smallest absolute Gasteiger partial charge is 0.0496 e. The van der Waals surface area contributed by atoms with Crippen LogP contribution in [0.5, 0.6) is 0 Å². The number of aryl methyl sites for hydroxylation is 1. The Balaban J connectivity index is 2.99. The van der Waals surface area contributed by atoms with Gasteiger partial charge in [-0.25, -0.2) is 0 Å². The van der Waals surface area contributed by atoms with Crippen LogP contribution in [0.2, 0.25) is 0 Å². The Morgan fingerprint density at radius 1 is 1.00 bits per heavy atom. The van der Waals surface area contributed by atoms with Crippen molar-refractivity contribution in [3.63, 3.8) is 0 Å². The van der Waals surface area contributed by atoms with Gasteiger partial charge in [0, 0.05) is 18.1 Å². The van der Waals surface area contributed by atoms with Crippen molar-refractivity contribution in [2.24, 2.45) is 11.7 Å². The van der Waals surface area contributed by atoms with E-state index in [2.05, 4.69) is 70.8 Å². The number of hydrogen-bond donors (Lipinski definition) is 1. The van der Waals surface area contributed by atoms with E-state index in [0.29, 0.717) is 12.0 Å². The molecule has 18 heavy (non-hydrogen) atoms. The number of benzene rings is 1. The normalized spacial score (nSPS) is 16.9. The summed E-state index contributed by atoms with van der Waals surface area (Å²) < 4.78 is 0. The molecule has 0 saturated heterocycles. The second-order valence-electron chi connectivity index (χ2n) is 5.86. The molecular weight excluding hydrogens is 220 g/mol. The molecule has 0 aliphatic rings. The summed E-state index contributed by atoms with van der Waals surface area (Å²) in [6.45, 7) is 11.0. The lowest BCUT2D eigenvalue weighted by atomic mass is 9.95. The van der Waals surface area contributed by atoms with Crippen LogP contribution < -0.4 is 5.73 Å². The highest BCUT2D eigenvalue weighted by Gasteiger charge is 2.26. The number of hydrogen-bond acceptors (Lipinski definition) is 2. The zero-order valence-electron chi connectivity index (χ0n) is 12.6. The summed E-state index contributed by atoms with van der Waals surface area (Å²) in [5, 5.41) is 0. The molecule has 2 N–H and O–H groups in total. The van der Waals surface area contributed by atoms with Crippen LogP contribution >= 0.6 is 0 Å². The zero-order chi connectivity index (χ0) is 13.9. The molecule has 102 valence electrons. The highest BCUT2D eigenvalue weighted by molar-refractivity contribution is 5.25. The summed E-state index contributed by atoms with van der Waals surface area (Å²) in [4.78, 5) is 2.40. The van der Waals surface area contributed by atoms with Gasteiger partial charge in [-0.1, -0.05) is 43.7 Å². The predicted molar refractivity (Wildman–Crippen MR) is 79.6 cm³/mol. The lowest BCUT2D eigenvalue weighted by molar-refractivity contribution is 0.133. The largest absolute Gasteiger partial charge is 0.326 e. The fourth-order valence-electron chi connectivity index (χ4n) is 2.40. The van der Waals surface area contributed by atoms with Crippen LogP contribution in [0, 0.1) is 12.8 Å². The minimum Gasteiger partial charge on any atom is -0.326 e. The first kappa shape index (κ1) is 15.2. The average Bonchev–Trinajstić information content (AvgIpc) is 2.30. The second kappa shape index (κ2) is 6.35. The van der Waals surface area contributed by atoms with Crippen LogP contribution in [-0.2, 0) is 0 Å². The molecular formula is C16H28N2. The molecule has 3 unspecified atom stereocenters. The molecule has 1 aromatic carbocycles. The number of nitrogens with two attached hydrogens (primary N) is 1. The fraction of sp³-hybridized carbons (Fsp3) is 0.625. The van der Waals surface area contributed by atoms with Crippen LogP contribution in [0.25, 0.3) is 0 Å². The van der Waals surface area contributed by atoms with Crippen molar-refractivity contribution in [1.82, 2.24) is 4.90 Å². The Labute approximate surface area is 112 Å². The number of rotatable bonds is 5. The SMILES string of the molecule is Cc1ccc(C(C(C)N)N(C)C(C)C(C)C)cc1. The third kappa shape index (κ3) is 3.56. The minimum atomic E-state index is 0.124. The van der Waals surface area contributed by atoms with E-state index in [0.717, 1.165) is 0 Å². The maximum absolute atomic E-state index is 6.20. The van der Waals surface area contributed by atoms with E-state index in [1.165, 1.54) is 11.1 Å². The molecule has 0 aliphatic carbocycles. The maximum atomic E-state index is 6.20. The van der Waals surface area contributed by atoms with E-state index in [1.807, 2.05) is 0 Å². The topological polar surface area (TPSA) is 29.3 Å². The quantitative estimate of drug-likeness (QED) is 0.865. The molecule has 0 amide bonds. The first-order valence-electron chi connectivity index (χ1n) is 6.88. The van der Waals surface area contributed by atoms with Crippen molar-refractivity contribution in [3.05, 3.63) is 35.4 Å². The molecule has 0 spiro atoms. The van der Waals surface area contributed by atoms with Crippen molar-refractivity contribution in [2.75, 3.05) is 7.05 Å². The highest BCUT2D eigenvalue weighted by Crippen LogP contribution is 2.26. The molecule has 0 aliphatic heterocycles. The van der Waals surface area contributed by atoms with Gasteiger partial charge in [0.15, 0.2) is 0 Å². The molecule has 0 bridgehead atoms. The number of nitrogens with zero attached hydrogens (tertiary/aromatic N) is 1. The van der Waals surface area contributed by atoms with Gasteiger partial charge in [-0.2, -0.15) is 0 Å². The van der Waals surface area contributed by atoms with Gasteiger partial charge in [0.2, 0.25) is 0 Å². The van der Waals surface area contributed by atoms with Crippen molar-refractivity contribution >= 4 is 0 Å². The Bertz CT molecular complexity index is 354. The van der Waals surface area contributed by atoms with Crippen molar-refractivity contribution < 1.29 is 0 Å². The Morgan fingerprint density at radius 2 is 1.50 bits per heavy atom. The summed E-state index contributed by atoms with van der Waals surface area (Å²) in [7, 11) is 2.18. The molecule has 0 radical (unpaired) electrons. The molecule has 1 rings (SSSR count). The average molecular weight is 248 g/mol. The molecule has 0 aromatic heterocycles. The van der Waals surface area contributed by atoms with Crippen LogP contribution in [-0.4, -0.2) is 24.0 Å². The Morgan fingerprint density at radius 3 is 1.89 bits per heavy atom. The third-order valence-electron chi connectivity index (χ3n) is 3.96. The summed E-state index contributed by atoms with van der Waals surface area (Å²) in [5.41, 5.74) is 8.81. The van der Waals surface area contributed by atoms with Crippen LogP contribution in [0.4, 0.5) is 0 Å². The highest BCUT2D eigenvalue weighted by atomic mass is 15.2. The van der Waals surface area contributed by atoms with E-state index in [9.17, 15) is 0 Å². The number of likely N-dealkylation sites (N-methyl/N-ethyl adjacent to an activating group) is 1. The van der Waals surface area contributed by atoms with Gasteiger partial charge in [-0.15, -0.1) is 0 Å². The standard InChI is InChI=1S/C16H28N2/c1-11(2)14(5)18(6)16(13(4)17)15-9-7-12(3)8-10-15/h7-11,13-14,16H,17H2,1-6H3. The predicted octanol–water partition coefficient (Wildman–Crippen LogP) is 3.36. The zero-order valence-corrected chi connectivity index (χ0v) is 12.6. The van der Waals surface area contributed by atoms with E-state index in [-0.39, 0.29) is 12.1 Å². The second-order valence-corrected chi connectivity index (χ2v) is 5.86. The van der Waals surface area contributed by atoms with Gasteiger partial charge in [0.05, 0.1) is 0 Å². The first-order chi connectivity index (χ1) is 8.34. The van der Waals surface area contributed by atoms with Gasteiger partial charge in [-0.05, 0) is 39.3 Å². The summed E-state index contributed by atoms with van der Waals surface area (Å²) >= 11 is 0. The van der Waals surface area contributed by atoms with Gasteiger partial charge in [-0.3, -0.25) is 4.90 Å². The van der Waals surface area contributed by atoms with Gasteiger partial charge >= 0.3 is 0 Å². The van der Waals surface area contributed by atoms with E-state index in [4.69, 9.17) is 5.73 Å². The van der Waals surface area contributed by atoms with E-state index in [1.54, 1.807) is 0 Å². The Kier molecular flexibility index (Phi) is 5.36. The summed E-state index contributed by atoms with van der Waals surface area (Å²) in [6.07, 6.45) is 0. The lowest BCUT2D eigenvalue weighted by Crippen LogP contribution is -2.43.